The quantitative estimate of drug-likeness (QED) is 0.816. The summed E-state index contributed by atoms with van der Waals surface area (Å²) in [6, 6.07) is 5.41. The van der Waals surface area contributed by atoms with E-state index in [1.807, 2.05) is 18.2 Å². The Morgan fingerprint density at radius 1 is 1.40 bits per heavy atom. The van der Waals surface area contributed by atoms with Gasteiger partial charge < -0.3 is 10.8 Å². The number of halogens is 1. The molecule has 3 heteroatoms. The van der Waals surface area contributed by atoms with Gasteiger partial charge in [0.05, 0.1) is 12.6 Å². The van der Waals surface area contributed by atoms with Crippen molar-refractivity contribution in [2.24, 2.45) is 5.73 Å². The Bertz CT molecular complexity index is 344. The van der Waals surface area contributed by atoms with E-state index >= 15 is 0 Å². The molecule has 1 aromatic carbocycles. The molecule has 0 saturated heterocycles. The summed E-state index contributed by atoms with van der Waals surface area (Å²) in [5.41, 5.74) is 7.82. The fourth-order valence-corrected chi connectivity index (χ4v) is 1.65. The molecule has 3 N–H and O–H groups in total. The fraction of sp³-hybridized carbons (Fsp3) is 0.500. The smallest absolute Gasteiger partial charge is 0.0624 e. The maximum atomic E-state index is 9.02. The molecule has 1 atom stereocenters. The summed E-state index contributed by atoms with van der Waals surface area (Å²) in [5, 5.41) is 9.64. The number of benzene rings is 1. The van der Waals surface area contributed by atoms with Crippen molar-refractivity contribution in [2.75, 3.05) is 6.61 Å². The summed E-state index contributed by atoms with van der Waals surface area (Å²) in [6.07, 6.45) is 0. The highest BCUT2D eigenvalue weighted by Gasteiger charge is 2.17. The first-order valence-electron chi connectivity index (χ1n) is 5.02. The second-order valence-corrected chi connectivity index (χ2v) is 5.18. The van der Waals surface area contributed by atoms with E-state index in [2.05, 4.69) is 20.8 Å². The summed E-state index contributed by atoms with van der Waals surface area (Å²) in [4.78, 5) is 0. The summed E-state index contributed by atoms with van der Waals surface area (Å²) >= 11 is 6.03. The van der Waals surface area contributed by atoms with Crippen molar-refractivity contribution in [3.05, 3.63) is 34.3 Å². The van der Waals surface area contributed by atoms with Crippen LogP contribution < -0.4 is 5.73 Å². The first kappa shape index (κ1) is 12.5. The average molecular weight is 228 g/mol. The van der Waals surface area contributed by atoms with Crippen LogP contribution >= 0.6 is 11.6 Å². The number of nitrogens with two attached hydrogens (primary N) is 1. The Morgan fingerprint density at radius 2 is 2.00 bits per heavy atom. The van der Waals surface area contributed by atoms with Crippen LogP contribution in [0, 0.1) is 0 Å². The van der Waals surface area contributed by atoms with Gasteiger partial charge in [-0.05, 0) is 22.6 Å². The highest BCUT2D eigenvalue weighted by atomic mass is 35.5. The van der Waals surface area contributed by atoms with Crippen molar-refractivity contribution in [1.29, 1.82) is 0 Å². The lowest BCUT2D eigenvalue weighted by Gasteiger charge is -2.21. The second kappa shape index (κ2) is 4.52. The van der Waals surface area contributed by atoms with Gasteiger partial charge >= 0.3 is 0 Å². The Hall–Kier alpha value is -0.570. The van der Waals surface area contributed by atoms with Crippen molar-refractivity contribution < 1.29 is 5.11 Å². The van der Waals surface area contributed by atoms with Crippen molar-refractivity contribution >= 4 is 11.6 Å². The molecule has 1 aromatic rings. The van der Waals surface area contributed by atoms with E-state index in [0.717, 1.165) is 5.56 Å². The molecule has 0 aliphatic heterocycles. The molecule has 0 spiro atoms. The van der Waals surface area contributed by atoms with Crippen molar-refractivity contribution in [1.82, 2.24) is 0 Å². The van der Waals surface area contributed by atoms with Crippen LogP contribution in [0.4, 0.5) is 0 Å². The maximum Gasteiger partial charge on any atom is 0.0624 e. The molecule has 0 fully saturated rings. The third-order valence-electron chi connectivity index (χ3n) is 2.46. The molecule has 0 amide bonds. The van der Waals surface area contributed by atoms with Gasteiger partial charge in [0.25, 0.3) is 0 Å². The Morgan fingerprint density at radius 3 is 2.47 bits per heavy atom. The molecule has 84 valence electrons. The Kier molecular flexibility index (Phi) is 3.77. The Labute approximate surface area is 96.1 Å². The van der Waals surface area contributed by atoms with E-state index in [1.54, 1.807) is 0 Å². The molecule has 0 aliphatic rings. The van der Waals surface area contributed by atoms with Gasteiger partial charge in [0, 0.05) is 5.02 Å². The molecular formula is C12H18ClNO. The van der Waals surface area contributed by atoms with Gasteiger partial charge in [-0.1, -0.05) is 44.5 Å². The highest BCUT2D eigenvalue weighted by Crippen LogP contribution is 2.29. The van der Waals surface area contributed by atoms with E-state index in [-0.39, 0.29) is 12.0 Å². The minimum Gasteiger partial charge on any atom is -0.394 e. The number of aliphatic hydroxyl groups excluding tert-OH is 1. The van der Waals surface area contributed by atoms with Crippen LogP contribution in [0.1, 0.15) is 37.9 Å². The molecular weight excluding hydrogens is 210 g/mol. The van der Waals surface area contributed by atoms with Gasteiger partial charge in [0.15, 0.2) is 0 Å². The second-order valence-electron chi connectivity index (χ2n) is 4.78. The SMILES string of the molecule is CC(C)(C)c1ccc(Cl)c([C@H](N)CO)c1. The van der Waals surface area contributed by atoms with Gasteiger partial charge in [0.1, 0.15) is 0 Å². The average Bonchev–Trinajstić information content (AvgIpc) is 2.15. The standard InChI is InChI=1S/C12H18ClNO/c1-12(2,3)8-4-5-10(13)9(6-8)11(14)7-15/h4-6,11,15H,7,14H2,1-3H3/t11-/m1/s1. The summed E-state index contributed by atoms with van der Waals surface area (Å²) in [7, 11) is 0. The van der Waals surface area contributed by atoms with Gasteiger partial charge in [-0.15, -0.1) is 0 Å². The summed E-state index contributed by atoms with van der Waals surface area (Å²) in [5.74, 6) is 0. The summed E-state index contributed by atoms with van der Waals surface area (Å²) in [6.45, 7) is 6.30. The number of rotatable bonds is 2. The van der Waals surface area contributed by atoms with Gasteiger partial charge in [-0.25, -0.2) is 0 Å². The van der Waals surface area contributed by atoms with Crippen molar-refractivity contribution in [2.45, 2.75) is 32.2 Å². The van der Waals surface area contributed by atoms with Crippen LogP contribution in [-0.4, -0.2) is 11.7 Å². The predicted octanol–water partition coefficient (Wildman–Crippen LogP) is 2.63. The first-order chi connectivity index (χ1) is 6.86. The van der Waals surface area contributed by atoms with E-state index < -0.39 is 6.04 Å². The molecule has 1 rings (SSSR count). The summed E-state index contributed by atoms with van der Waals surface area (Å²) < 4.78 is 0. The fourth-order valence-electron chi connectivity index (χ4n) is 1.39. The normalized spacial score (nSPS) is 14.0. The maximum absolute atomic E-state index is 9.02. The molecule has 0 aromatic heterocycles. The van der Waals surface area contributed by atoms with E-state index in [4.69, 9.17) is 22.4 Å². The van der Waals surface area contributed by atoms with Crippen LogP contribution in [0.3, 0.4) is 0 Å². The molecule has 0 heterocycles. The van der Waals surface area contributed by atoms with Crippen molar-refractivity contribution in [3.8, 4) is 0 Å². The third-order valence-corrected chi connectivity index (χ3v) is 2.80. The van der Waals surface area contributed by atoms with E-state index in [0.29, 0.717) is 5.02 Å². The topological polar surface area (TPSA) is 46.2 Å². The zero-order valence-electron chi connectivity index (χ0n) is 9.42. The van der Waals surface area contributed by atoms with Crippen LogP contribution in [0.15, 0.2) is 18.2 Å². The number of hydrogen-bond donors (Lipinski definition) is 2. The predicted molar refractivity (Wildman–Crippen MR) is 64.2 cm³/mol. The van der Waals surface area contributed by atoms with Gasteiger partial charge in [0.2, 0.25) is 0 Å². The lowest BCUT2D eigenvalue weighted by Crippen LogP contribution is -2.17. The first-order valence-corrected chi connectivity index (χ1v) is 5.40. The molecule has 2 nitrogen and oxygen atoms in total. The largest absolute Gasteiger partial charge is 0.394 e. The van der Waals surface area contributed by atoms with Gasteiger partial charge in [-0.3, -0.25) is 0 Å². The molecule has 0 aliphatic carbocycles. The zero-order chi connectivity index (χ0) is 11.6. The van der Waals surface area contributed by atoms with Crippen LogP contribution in [-0.2, 0) is 5.41 Å². The number of aliphatic hydroxyl groups is 1. The lowest BCUT2D eigenvalue weighted by atomic mass is 9.85. The van der Waals surface area contributed by atoms with E-state index in [1.165, 1.54) is 5.56 Å². The monoisotopic (exact) mass is 227 g/mol. The zero-order valence-corrected chi connectivity index (χ0v) is 10.2. The molecule has 0 radical (unpaired) electrons. The van der Waals surface area contributed by atoms with Crippen LogP contribution in [0.2, 0.25) is 5.02 Å². The minimum absolute atomic E-state index is 0.0640. The molecule has 15 heavy (non-hydrogen) atoms. The van der Waals surface area contributed by atoms with Crippen LogP contribution in [0.5, 0.6) is 0 Å². The molecule has 0 saturated carbocycles. The lowest BCUT2D eigenvalue weighted by molar-refractivity contribution is 0.268. The van der Waals surface area contributed by atoms with E-state index in [9.17, 15) is 0 Å². The molecule has 0 bridgehead atoms. The highest BCUT2D eigenvalue weighted by molar-refractivity contribution is 6.31. The molecule has 0 unspecified atom stereocenters. The third kappa shape index (κ3) is 2.94. The van der Waals surface area contributed by atoms with Crippen molar-refractivity contribution in [3.63, 3.8) is 0 Å². The minimum atomic E-state index is -0.403. The van der Waals surface area contributed by atoms with Gasteiger partial charge in [-0.2, -0.15) is 0 Å². The Balaban J connectivity index is 3.17. The number of hydrogen-bond acceptors (Lipinski definition) is 2. The van der Waals surface area contributed by atoms with Crippen LogP contribution in [0.25, 0.3) is 0 Å².